The molecule has 0 aromatic heterocycles. The lowest BCUT2D eigenvalue weighted by molar-refractivity contribution is -0.133. The first kappa shape index (κ1) is 15.2. The number of aliphatic carboxylic acids is 1. The van der Waals surface area contributed by atoms with Crippen molar-refractivity contribution in [3.63, 3.8) is 0 Å². The van der Waals surface area contributed by atoms with Crippen LogP contribution in [0.25, 0.3) is 0 Å². The predicted octanol–water partition coefficient (Wildman–Crippen LogP) is 1.11. The number of hydrogen-bond acceptors (Lipinski definition) is 6. The van der Waals surface area contributed by atoms with Crippen molar-refractivity contribution in [3.05, 3.63) is 4.91 Å². The number of amides is 1. The molecule has 0 aliphatic carbocycles. The Balaban J connectivity index is 3.72. The molecule has 0 atom stereocenters. The highest BCUT2D eigenvalue weighted by atomic mass is 32.2. The molecule has 0 aromatic carbocycles. The van der Waals surface area contributed by atoms with E-state index in [1.54, 1.807) is 13.8 Å². The minimum absolute atomic E-state index is 0.0958. The van der Waals surface area contributed by atoms with E-state index >= 15 is 0 Å². The first-order chi connectivity index (χ1) is 7.37. The van der Waals surface area contributed by atoms with Gasteiger partial charge in [0, 0.05) is 23.1 Å². The lowest BCUT2D eigenvalue weighted by atomic mass is 10.2. The third kappa shape index (κ3) is 8.54. The Morgan fingerprint density at radius 3 is 2.50 bits per heavy atom. The van der Waals surface area contributed by atoms with Crippen molar-refractivity contribution in [2.45, 2.75) is 18.6 Å². The summed E-state index contributed by atoms with van der Waals surface area (Å²) < 4.78 is 2.25. The number of carboxylic acids is 1. The summed E-state index contributed by atoms with van der Waals surface area (Å²) in [6, 6.07) is 0. The fraction of sp³-hybridized carbons (Fsp3) is 0.750. The number of nitroso groups, excluding NO2 is 1. The monoisotopic (exact) mass is 266 g/mol. The smallest absolute Gasteiger partial charge is 0.313 e. The van der Waals surface area contributed by atoms with Gasteiger partial charge >= 0.3 is 5.97 Å². The predicted molar refractivity (Wildman–Crippen MR) is 65.4 cm³/mol. The second kappa shape index (κ2) is 7.50. The molecule has 0 radical (unpaired) electrons. The Morgan fingerprint density at radius 2 is 2.00 bits per heavy atom. The zero-order chi connectivity index (χ0) is 12.6. The maximum absolute atomic E-state index is 11.2. The summed E-state index contributed by atoms with van der Waals surface area (Å²) in [6.45, 7) is 3.88. The van der Waals surface area contributed by atoms with Crippen LogP contribution in [0.4, 0.5) is 0 Å². The van der Waals surface area contributed by atoms with Crippen LogP contribution in [0.1, 0.15) is 13.8 Å². The van der Waals surface area contributed by atoms with Gasteiger partial charge in [0.25, 0.3) is 0 Å². The molecule has 92 valence electrons. The molecule has 6 nitrogen and oxygen atoms in total. The molecular weight excluding hydrogens is 252 g/mol. The number of thioether (sulfide) groups is 1. The molecule has 0 rings (SSSR count). The van der Waals surface area contributed by atoms with Gasteiger partial charge in [0.05, 0.1) is 16.3 Å². The molecule has 0 aliphatic heterocycles. The number of nitrogens with one attached hydrogen (secondary N) is 1. The highest BCUT2D eigenvalue weighted by Crippen LogP contribution is 2.23. The van der Waals surface area contributed by atoms with Crippen molar-refractivity contribution >= 4 is 35.6 Å². The molecule has 8 heteroatoms. The third-order valence-electron chi connectivity index (χ3n) is 1.45. The Labute approximate surface area is 102 Å². The third-order valence-corrected chi connectivity index (χ3v) is 3.08. The highest BCUT2D eigenvalue weighted by Gasteiger charge is 2.20. The minimum atomic E-state index is -0.946. The average molecular weight is 266 g/mol. The zero-order valence-corrected chi connectivity index (χ0v) is 10.7. The molecule has 0 unspecified atom stereocenters. The molecule has 2 N–H and O–H groups in total. The van der Waals surface area contributed by atoms with Crippen LogP contribution in [0.15, 0.2) is 4.58 Å². The van der Waals surface area contributed by atoms with Crippen molar-refractivity contribution in [2.75, 3.05) is 18.1 Å². The van der Waals surface area contributed by atoms with Crippen LogP contribution in [0.3, 0.4) is 0 Å². The molecule has 0 bridgehead atoms. The van der Waals surface area contributed by atoms with E-state index in [2.05, 4.69) is 9.90 Å². The fourth-order valence-electron chi connectivity index (χ4n) is 0.727. The summed E-state index contributed by atoms with van der Waals surface area (Å²) in [5, 5.41) is 11.0. The number of hydrogen-bond donors (Lipinski definition) is 2. The van der Waals surface area contributed by atoms with Crippen molar-refractivity contribution in [1.29, 1.82) is 0 Å². The van der Waals surface area contributed by atoms with Crippen molar-refractivity contribution < 1.29 is 14.7 Å². The zero-order valence-electron chi connectivity index (χ0n) is 9.06. The van der Waals surface area contributed by atoms with Crippen molar-refractivity contribution in [3.8, 4) is 0 Å². The average Bonchev–Trinajstić information content (AvgIpc) is 2.14. The van der Waals surface area contributed by atoms with Crippen LogP contribution in [0.2, 0.25) is 0 Å². The minimum Gasteiger partial charge on any atom is -0.481 e. The molecule has 1 amide bonds. The molecule has 0 heterocycles. The number of rotatable bonds is 8. The summed E-state index contributed by atoms with van der Waals surface area (Å²) in [6.07, 6.45) is 0. The van der Waals surface area contributed by atoms with Crippen molar-refractivity contribution in [1.82, 2.24) is 5.32 Å². The van der Waals surface area contributed by atoms with Crippen LogP contribution >= 0.6 is 23.7 Å². The van der Waals surface area contributed by atoms with Gasteiger partial charge < -0.3 is 10.4 Å². The highest BCUT2D eigenvalue weighted by molar-refractivity contribution is 8.00. The van der Waals surface area contributed by atoms with E-state index in [0.717, 1.165) is 23.7 Å². The molecule has 0 saturated carbocycles. The number of carboxylic acid groups (broad SMARTS) is 1. The van der Waals surface area contributed by atoms with Gasteiger partial charge in [-0.2, -0.15) is 0 Å². The second-order valence-electron chi connectivity index (χ2n) is 3.59. The van der Waals surface area contributed by atoms with E-state index in [1.165, 1.54) is 0 Å². The standard InChI is InChI=1S/C8H14N2O4S2/c1-8(2,16-10-14)5-9-6(11)3-15-4-7(12)13/h3-5H2,1-2H3,(H,9,11)(H,12,13). The SMILES string of the molecule is CC(C)(CNC(=O)CSCC(=O)O)SN=O. The van der Waals surface area contributed by atoms with E-state index in [-0.39, 0.29) is 17.4 Å². The molecule has 0 fully saturated rings. The lowest BCUT2D eigenvalue weighted by Crippen LogP contribution is -2.36. The Bertz CT molecular complexity index is 271. The molecule has 0 saturated heterocycles. The van der Waals surface area contributed by atoms with Crippen LogP contribution in [-0.4, -0.2) is 39.8 Å². The van der Waals surface area contributed by atoms with Crippen LogP contribution < -0.4 is 5.32 Å². The summed E-state index contributed by atoms with van der Waals surface area (Å²) >= 11 is 1.89. The first-order valence-corrected chi connectivity index (χ1v) is 6.37. The molecular formula is C8H14N2O4S2. The number of nitrogens with zero attached hydrogens (tertiary/aromatic N) is 1. The van der Waals surface area contributed by atoms with Gasteiger partial charge in [0.15, 0.2) is 0 Å². The quantitative estimate of drug-likeness (QED) is 0.505. The van der Waals surface area contributed by atoms with Gasteiger partial charge in [-0.3, -0.25) is 9.59 Å². The lowest BCUT2D eigenvalue weighted by Gasteiger charge is -2.19. The van der Waals surface area contributed by atoms with Crippen LogP contribution in [0, 0.1) is 4.91 Å². The summed E-state index contributed by atoms with van der Waals surface area (Å²) in [7, 11) is 0. The van der Waals surface area contributed by atoms with E-state index in [4.69, 9.17) is 5.11 Å². The normalized spacial score (nSPS) is 10.9. The molecule has 0 aliphatic rings. The second-order valence-corrected chi connectivity index (χ2v) is 6.01. The molecule has 16 heavy (non-hydrogen) atoms. The van der Waals surface area contributed by atoms with Gasteiger partial charge in [0.1, 0.15) is 0 Å². The van der Waals surface area contributed by atoms with E-state index in [0.29, 0.717) is 6.54 Å². The molecule has 0 aromatic rings. The van der Waals surface area contributed by atoms with Gasteiger partial charge in [-0.05, 0) is 13.8 Å². The van der Waals surface area contributed by atoms with E-state index < -0.39 is 10.7 Å². The molecule has 0 spiro atoms. The first-order valence-electron chi connectivity index (χ1n) is 4.44. The van der Waals surface area contributed by atoms with Gasteiger partial charge in [-0.15, -0.1) is 16.7 Å². The van der Waals surface area contributed by atoms with Crippen LogP contribution in [0.5, 0.6) is 0 Å². The number of carbonyl (C=O) groups excluding carboxylic acids is 1. The van der Waals surface area contributed by atoms with E-state index in [1.807, 2.05) is 0 Å². The largest absolute Gasteiger partial charge is 0.481 e. The fourth-order valence-corrected chi connectivity index (χ4v) is 1.63. The maximum atomic E-state index is 11.2. The summed E-state index contributed by atoms with van der Waals surface area (Å²) in [5.41, 5.74) is 0. The van der Waals surface area contributed by atoms with Crippen LogP contribution in [-0.2, 0) is 9.59 Å². The van der Waals surface area contributed by atoms with E-state index in [9.17, 15) is 14.5 Å². The number of carbonyl (C=O) groups is 2. The summed E-state index contributed by atoms with van der Waals surface area (Å²) in [5.74, 6) is -1.19. The summed E-state index contributed by atoms with van der Waals surface area (Å²) in [4.78, 5) is 31.5. The Kier molecular flexibility index (Phi) is 7.15. The topological polar surface area (TPSA) is 95.8 Å². The Morgan fingerprint density at radius 1 is 1.38 bits per heavy atom. The maximum Gasteiger partial charge on any atom is 0.313 e. The van der Waals surface area contributed by atoms with Crippen molar-refractivity contribution in [2.24, 2.45) is 4.58 Å². The Hall–Kier alpha value is -0.760. The van der Waals surface area contributed by atoms with Gasteiger partial charge in [0.2, 0.25) is 5.91 Å². The van der Waals surface area contributed by atoms with Gasteiger partial charge in [-0.1, -0.05) is 0 Å². The van der Waals surface area contributed by atoms with Gasteiger partial charge in [-0.25, -0.2) is 0 Å².